The number of alkyl halides is 12. The first-order chi connectivity index (χ1) is 10.3. The molecule has 0 aromatic rings. The lowest BCUT2D eigenvalue weighted by molar-refractivity contribution is -0.421. The summed E-state index contributed by atoms with van der Waals surface area (Å²) in [5.74, 6) is -48.8. The van der Waals surface area contributed by atoms with E-state index in [-0.39, 0.29) is 0 Å². The van der Waals surface area contributed by atoms with E-state index in [9.17, 15) is 57.5 Å². The summed E-state index contributed by atoms with van der Waals surface area (Å²) in [6, 6.07) is 0. The number of hydrogen-bond donors (Lipinski definition) is 2. The molecule has 0 aromatic carbocycles. The zero-order valence-corrected chi connectivity index (χ0v) is 11.6. The van der Waals surface area contributed by atoms with Crippen molar-refractivity contribution in [3.05, 3.63) is 0 Å². The zero-order chi connectivity index (χ0) is 20.0. The number of carboxylic acid groups (broad SMARTS) is 1. The van der Waals surface area contributed by atoms with Crippen molar-refractivity contribution in [2.45, 2.75) is 42.0 Å². The lowest BCUT2D eigenvalue weighted by atomic mass is 9.90. The molecule has 0 fully saturated rings. The van der Waals surface area contributed by atoms with Gasteiger partial charge in [-0.2, -0.15) is 65.3 Å². The molecule has 24 heavy (non-hydrogen) atoms. The summed E-state index contributed by atoms with van der Waals surface area (Å²) in [4.78, 5) is 9.84. The molecular weight excluding hydrogens is 400 g/mol. The van der Waals surface area contributed by atoms with Crippen molar-refractivity contribution < 1.29 is 62.6 Å². The minimum atomic E-state index is -7.86. The van der Waals surface area contributed by atoms with Gasteiger partial charge in [0.25, 0.3) is 0 Å². The monoisotopic (exact) mass is 406 g/mol. The van der Waals surface area contributed by atoms with Gasteiger partial charge in [0, 0.05) is 6.42 Å². The quantitative estimate of drug-likeness (QED) is 0.469. The molecular formula is C9H6F12O2S. The van der Waals surface area contributed by atoms with Crippen molar-refractivity contribution >= 4 is 18.6 Å². The van der Waals surface area contributed by atoms with Crippen LogP contribution in [0.3, 0.4) is 0 Å². The Hall–Kier alpha value is -1.02. The summed E-state index contributed by atoms with van der Waals surface area (Å²) >= 11 is 2.95. The summed E-state index contributed by atoms with van der Waals surface area (Å²) in [6.07, 6.45) is -2.30. The van der Waals surface area contributed by atoms with E-state index < -0.39 is 53.7 Å². The largest absolute Gasteiger partial charge is 0.477 e. The Balaban J connectivity index is 6.32. The molecule has 0 radical (unpaired) electrons. The van der Waals surface area contributed by atoms with Crippen LogP contribution in [-0.2, 0) is 4.79 Å². The fraction of sp³-hybridized carbons (Fsp3) is 0.889. The normalized spacial score (nSPS) is 15.5. The molecule has 0 atom stereocenters. The van der Waals surface area contributed by atoms with Gasteiger partial charge in [-0.25, -0.2) is 4.79 Å². The molecule has 0 aromatic heterocycles. The second-order valence-electron chi connectivity index (χ2n) is 4.36. The number of rotatable bonds is 8. The Morgan fingerprint density at radius 2 is 1.04 bits per heavy atom. The first-order valence-corrected chi connectivity index (χ1v) is 6.00. The second kappa shape index (κ2) is 6.05. The molecule has 0 aliphatic rings. The number of hydrogen-bond acceptors (Lipinski definition) is 2. The molecule has 0 amide bonds. The highest BCUT2D eigenvalue weighted by atomic mass is 32.1. The predicted octanol–water partition coefficient (Wildman–Crippen LogP) is 4.20. The number of aliphatic carboxylic acids is 1. The van der Waals surface area contributed by atoms with E-state index in [2.05, 4.69) is 12.6 Å². The van der Waals surface area contributed by atoms with Crippen LogP contribution in [0.25, 0.3) is 0 Å². The van der Waals surface area contributed by atoms with E-state index >= 15 is 0 Å². The fourth-order valence-electron chi connectivity index (χ4n) is 1.25. The fourth-order valence-corrected chi connectivity index (χ4v) is 1.53. The van der Waals surface area contributed by atoms with E-state index in [0.717, 1.165) is 0 Å². The molecule has 0 spiro atoms. The van der Waals surface area contributed by atoms with Crippen LogP contribution >= 0.6 is 12.6 Å². The lowest BCUT2D eigenvalue weighted by Crippen LogP contribution is -2.71. The van der Waals surface area contributed by atoms with Gasteiger partial charge < -0.3 is 5.11 Å². The zero-order valence-electron chi connectivity index (χ0n) is 10.8. The standard InChI is InChI=1S/C9H6F12O2S/c10-4(11,1-2-24)6(14,15)8(18,19)9(20,21)7(16,17)5(12,13)3(22)23/h24H,1-2H2,(H,22,23). The summed E-state index contributed by atoms with van der Waals surface area (Å²) in [7, 11) is 0. The van der Waals surface area contributed by atoms with Gasteiger partial charge in [-0.05, 0) is 5.75 Å². The highest BCUT2D eigenvalue weighted by Crippen LogP contribution is 2.60. The van der Waals surface area contributed by atoms with Crippen LogP contribution < -0.4 is 0 Å². The van der Waals surface area contributed by atoms with Gasteiger partial charge in [0.15, 0.2) is 0 Å². The third kappa shape index (κ3) is 2.87. The van der Waals surface area contributed by atoms with Gasteiger partial charge in [-0.3, -0.25) is 0 Å². The first-order valence-electron chi connectivity index (χ1n) is 5.37. The molecule has 0 rings (SSSR count). The minimum absolute atomic E-state index is 1.29. The molecule has 144 valence electrons. The summed E-state index contributed by atoms with van der Waals surface area (Å²) in [5.41, 5.74) is 0. The average Bonchev–Trinajstić information content (AvgIpc) is 2.37. The van der Waals surface area contributed by atoms with Crippen LogP contribution in [-0.4, -0.2) is 52.4 Å². The van der Waals surface area contributed by atoms with E-state index in [1.807, 2.05) is 0 Å². The highest BCUT2D eigenvalue weighted by molar-refractivity contribution is 7.80. The summed E-state index contributed by atoms with van der Waals surface area (Å²) in [6.45, 7) is 0. The molecule has 0 unspecified atom stereocenters. The second-order valence-corrected chi connectivity index (χ2v) is 4.80. The molecule has 1 N–H and O–H groups in total. The van der Waals surface area contributed by atoms with E-state index in [1.165, 1.54) is 0 Å². The molecule has 0 aliphatic carbocycles. The smallest absolute Gasteiger partial charge is 0.410 e. The van der Waals surface area contributed by atoms with Crippen molar-refractivity contribution in [1.82, 2.24) is 0 Å². The van der Waals surface area contributed by atoms with Crippen LogP contribution in [0, 0.1) is 0 Å². The molecule has 0 saturated heterocycles. The molecule has 0 heterocycles. The third-order valence-electron chi connectivity index (χ3n) is 2.73. The Morgan fingerprint density at radius 3 is 1.33 bits per heavy atom. The maximum Gasteiger partial charge on any atom is 0.410 e. The third-order valence-corrected chi connectivity index (χ3v) is 2.95. The lowest BCUT2D eigenvalue weighted by Gasteiger charge is -2.40. The van der Waals surface area contributed by atoms with Gasteiger partial charge in [-0.15, -0.1) is 0 Å². The maximum atomic E-state index is 13.1. The Labute approximate surface area is 130 Å². The number of halogens is 12. The van der Waals surface area contributed by atoms with Gasteiger partial charge in [0.05, 0.1) is 0 Å². The number of thiol groups is 1. The molecule has 0 aliphatic heterocycles. The van der Waals surface area contributed by atoms with E-state index in [0.29, 0.717) is 0 Å². The summed E-state index contributed by atoms with van der Waals surface area (Å²) in [5, 5.41) is 7.70. The van der Waals surface area contributed by atoms with E-state index in [4.69, 9.17) is 5.11 Å². The van der Waals surface area contributed by atoms with E-state index in [1.54, 1.807) is 0 Å². The summed E-state index contributed by atoms with van der Waals surface area (Å²) < 4.78 is 155. The van der Waals surface area contributed by atoms with Gasteiger partial charge >= 0.3 is 41.5 Å². The first kappa shape index (κ1) is 23.0. The van der Waals surface area contributed by atoms with Crippen molar-refractivity contribution in [1.29, 1.82) is 0 Å². The van der Waals surface area contributed by atoms with Crippen LogP contribution in [0.5, 0.6) is 0 Å². The topological polar surface area (TPSA) is 37.3 Å². The highest BCUT2D eigenvalue weighted by Gasteiger charge is 2.91. The van der Waals surface area contributed by atoms with Crippen LogP contribution in [0.1, 0.15) is 6.42 Å². The Morgan fingerprint density at radius 1 is 0.708 bits per heavy atom. The van der Waals surface area contributed by atoms with Crippen molar-refractivity contribution in [3.8, 4) is 0 Å². The molecule has 15 heteroatoms. The van der Waals surface area contributed by atoms with Gasteiger partial charge in [-0.1, -0.05) is 0 Å². The van der Waals surface area contributed by atoms with Crippen LogP contribution in [0.2, 0.25) is 0 Å². The van der Waals surface area contributed by atoms with Crippen molar-refractivity contribution in [3.63, 3.8) is 0 Å². The van der Waals surface area contributed by atoms with Gasteiger partial charge in [0.2, 0.25) is 0 Å². The van der Waals surface area contributed by atoms with Crippen LogP contribution in [0.15, 0.2) is 0 Å². The predicted molar refractivity (Wildman–Crippen MR) is 55.8 cm³/mol. The molecule has 2 nitrogen and oxygen atoms in total. The Bertz CT molecular complexity index is 489. The number of carboxylic acids is 1. The Kier molecular flexibility index (Phi) is 5.80. The van der Waals surface area contributed by atoms with Gasteiger partial charge in [0.1, 0.15) is 0 Å². The average molecular weight is 406 g/mol. The van der Waals surface area contributed by atoms with Crippen molar-refractivity contribution in [2.75, 3.05) is 5.75 Å². The van der Waals surface area contributed by atoms with Crippen LogP contribution in [0.4, 0.5) is 52.7 Å². The molecule has 0 bridgehead atoms. The van der Waals surface area contributed by atoms with Crippen molar-refractivity contribution in [2.24, 2.45) is 0 Å². The molecule has 0 saturated carbocycles. The minimum Gasteiger partial charge on any atom is -0.477 e. The maximum absolute atomic E-state index is 13.1. The SMILES string of the molecule is O=C(O)C(F)(F)C(F)(F)C(F)(F)C(F)(F)C(F)(F)C(F)(F)CCS. The number of carbonyl (C=O) groups is 1.